The summed E-state index contributed by atoms with van der Waals surface area (Å²) in [5.41, 5.74) is 0. The van der Waals surface area contributed by atoms with Crippen LogP contribution in [0, 0.1) is 0 Å². The van der Waals surface area contributed by atoms with Gasteiger partial charge in [0, 0.05) is 42.7 Å². The van der Waals surface area contributed by atoms with Crippen molar-refractivity contribution in [2.45, 2.75) is 24.3 Å². The van der Waals surface area contributed by atoms with Crippen molar-refractivity contribution in [2.75, 3.05) is 25.4 Å². The van der Waals surface area contributed by atoms with Crippen molar-refractivity contribution in [2.24, 2.45) is 0 Å². The average Bonchev–Trinajstić information content (AvgIpc) is 2.41. The zero-order valence-corrected chi connectivity index (χ0v) is 12.6. The fourth-order valence-corrected chi connectivity index (χ4v) is 3.34. The number of hydrogen-bond acceptors (Lipinski definition) is 3. The maximum Gasteiger partial charge on any atom is 0.223 e. The Morgan fingerprint density at radius 2 is 2.32 bits per heavy atom. The quantitative estimate of drug-likeness (QED) is 0.867. The Kier molecular flexibility index (Phi) is 5.55. The van der Waals surface area contributed by atoms with Crippen LogP contribution in [0.25, 0.3) is 0 Å². The summed E-state index contributed by atoms with van der Waals surface area (Å²) in [7, 11) is 0. The number of halogens is 1. The Morgan fingerprint density at radius 1 is 1.53 bits per heavy atom. The third-order valence-corrected chi connectivity index (χ3v) is 4.75. The van der Waals surface area contributed by atoms with E-state index in [2.05, 4.69) is 12.2 Å². The SMILES string of the molecule is C[C@@H]1CNCCN1C(=O)CCSc1ccccc1Cl. The molecule has 1 fully saturated rings. The summed E-state index contributed by atoms with van der Waals surface area (Å²) in [4.78, 5) is 15.2. The van der Waals surface area contributed by atoms with Gasteiger partial charge in [0.05, 0.1) is 5.02 Å². The smallest absolute Gasteiger partial charge is 0.223 e. The highest BCUT2D eigenvalue weighted by atomic mass is 35.5. The lowest BCUT2D eigenvalue weighted by atomic mass is 10.2. The van der Waals surface area contributed by atoms with Gasteiger partial charge in [-0.15, -0.1) is 11.8 Å². The van der Waals surface area contributed by atoms with E-state index in [4.69, 9.17) is 11.6 Å². The van der Waals surface area contributed by atoms with Crippen molar-refractivity contribution in [1.82, 2.24) is 10.2 Å². The van der Waals surface area contributed by atoms with Crippen LogP contribution in [0.1, 0.15) is 13.3 Å². The first-order valence-electron chi connectivity index (χ1n) is 6.56. The first-order chi connectivity index (χ1) is 9.18. The fourth-order valence-electron chi connectivity index (χ4n) is 2.17. The van der Waals surface area contributed by atoms with Gasteiger partial charge < -0.3 is 10.2 Å². The van der Waals surface area contributed by atoms with E-state index in [9.17, 15) is 4.79 Å². The molecule has 1 aromatic rings. The molecule has 104 valence electrons. The molecule has 0 spiro atoms. The summed E-state index contributed by atoms with van der Waals surface area (Å²) in [5, 5.41) is 4.05. The maximum atomic E-state index is 12.1. The third kappa shape index (κ3) is 4.13. The Morgan fingerprint density at radius 3 is 3.05 bits per heavy atom. The van der Waals surface area contributed by atoms with E-state index < -0.39 is 0 Å². The maximum absolute atomic E-state index is 12.1. The third-order valence-electron chi connectivity index (χ3n) is 3.23. The average molecular weight is 299 g/mol. The van der Waals surface area contributed by atoms with Crippen molar-refractivity contribution in [3.8, 4) is 0 Å². The lowest BCUT2D eigenvalue weighted by Crippen LogP contribution is -2.52. The Hall–Kier alpha value is -0.710. The summed E-state index contributed by atoms with van der Waals surface area (Å²) in [6.45, 7) is 4.69. The molecule has 1 heterocycles. The number of piperazine rings is 1. The van der Waals surface area contributed by atoms with Crippen LogP contribution < -0.4 is 5.32 Å². The van der Waals surface area contributed by atoms with Gasteiger partial charge in [-0.3, -0.25) is 4.79 Å². The molecule has 5 heteroatoms. The van der Waals surface area contributed by atoms with Crippen LogP contribution in [0.15, 0.2) is 29.2 Å². The van der Waals surface area contributed by atoms with Crippen LogP contribution in [0.4, 0.5) is 0 Å². The molecule has 0 aromatic heterocycles. The minimum Gasteiger partial charge on any atom is -0.337 e. The number of rotatable bonds is 4. The minimum atomic E-state index is 0.244. The zero-order chi connectivity index (χ0) is 13.7. The molecule has 1 N–H and O–H groups in total. The van der Waals surface area contributed by atoms with Crippen LogP contribution in [0.2, 0.25) is 5.02 Å². The second-order valence-electron chi connectivity index (χ2n) is 4.67. The van der Waals surface area contributed by atoms with Crippen molar-refractivity contribution in [3.63, 3.8) is 0 Å². The van der Waals surface area contributed by atoms with E-state index in [0.29, 0.717) is 12.5 Å². The van der Waals surface area contributed by atoms with Crippen LogP contribution in [0.3, 0.4) is 0 Å². The van der Waals surface area contributed by atoms with Gasteiger partial charge in [-0.05, 0) is 19.1 Å². The van der Waals surface area contributed by atoms with Crippen molar-refractivity contribution in [1.29, 1.82) is 0 Å². The Bertz CT molecular complexity index is 441. The second kappa shape index (κ2) is 7.17. The van der Waals surface area contributed by atoms with Gasteiger partial charge in [-0.1, -0.05) is 23.7 Å². The summed E-state index contributed by atoms with van der Waals surface area (Å²) in [6.07, 6.45) is 0.570. The topological polar surface area (TPSA) is 32.3 Å². The van der Waals surface area contributed by atoms with Gasteiger partial charge >= 0.3 is 0 Å². The van der Waals surface area contributed by atoms with Gasteiger partial charge in [0.15, 0.2) is 0 Å². The first kappa shape index (κ1) is 14.7. The highest BCUT2D eigenvalue weighted by Gasteiger charge is 2.22. The van der Waals surface area contributed by atoms with E-state index in [1.54, 1.807) is 11.8 Å². The standard InChI is InChI=1S/C14H19ClN2OS/c1-11-10-16-7-8-17(11)14(18)6-9-19-13-5-3-2-4-12(13)15/h2-5,11,16H,6-10H2,1H3/t11-/m1/s1. The molecule has 19 heavy (non-hydrogen) atoms. The van der Waals surface area contributed by atoms with E-state index in [1.807, 2.05) is 29.2 Å². The number of nitrogens with zero attached hydrogens (tertiary/aromatic N) is 1. The van der Waals surface area contributed by atoms with E-state index >= 15 is 0 Å². The number of nitrogens with one attached hydrogen (secondary N) is 1. The summed E-state index contributed by atoms with van der Waals surface area (Å²) in [6, 6.07) is 8.05. The number of hydrogen-bond donors (Lipinski definition) is 1. The second-order valence-corrected chi connectivity index (χ2v) is 6.21. The molecule has 0 radical (unpaired) electrons. The molecule has 0 unspecified atom stereocenters. The lowest BCUT2D eigenvalue weighted by molar-refractivity contribution is -0.133. The number of carbonyl (C=O) groups excluding carboxylic acids is 1. The van der Waals surface area contributed by atoms with Gasteiger partial charge in [0.25, 0.3) is 0 Å². The van der Waals surface area contributed by atoms with Crippen LogP contribution in [-0.4, -0.2) is 42.2 Å². The Labute approximate surface area is 123 Å². The Balaban J connectivity index is 1.79. The van der Waals surface area contributed by atoms with Crippen LogP contribution in [-0.2, 0) is 4.79 Å². The largest absolute Gasteiger partial charge is 0.337 e. The molecular formula is C14H19ClN2OS. The van der Waals surface area contributed by atoms with Crippen LogP contribution >= 0.6 is 23.4 Å². The molecule has 1 amide bonds. The predicted molar refractivity (Wildman–Crippen MR) is 80.8 cm³/mol. The van der Waals surface area contributed by atoms with E-state index in [-0.39, 0.29) is 5.91 Å². The normalized spacial score (nSPS) is 19.5. The molecule has 0 bridgehead atoms. The number of benzene rings is 1. The van der Waals surface area contributed by atoms with Crippen LogP contribution in [0.5, 0.6) is 0 Å². The molecule has 0 saturated carbocycles. The minimum absolute atomic E-state index is 0.244. The van der Waals surface area contributed by atoms with Gasteiger partial charge in [0.1, 0.15) is 0 Å². The molecule has 1 aliphatic rings. The molecule has 1 aliphatic heterocycles. The fraction of sp³-hybridized carbons (Fsp3) is 0.500. The van der Waals surface area contributed by atoms with Gasteiger partial charge in [-0.2, -0.15) is 0 Å². The summed E-state index contributed by atoms with van der Waals surface area (Å²) in [5.74, 6) is 1.02. The highest BCUT2D eigenvalue weighted by molar-refractivity contribution is 7.99. The molecule has 2 rings (SSSR count). The number of carbonyl (C=O) groups is 1. The van der Waals surface area contributed by atoms with Crippen molar-refractivity contribution in [3.05, 3.63) is 29.3 Å². The lowest BCUT2D eigenvalue weighted by Gasteiger charge is -2.34. The van der Waals surface area contributed by atoms with Gasteiger partial charge in [0.2, 0.25) is 5.91 Å². The highest BCUT2D eigenvalue weighted by Crippen LogP contribution is 2.27. The van der Waals surface area contributed by atoms with Crippen molar-refractivity contribution >= 4 is 29.3 Å². The number of thioether (sulfide) groups is 1. The molecular weight excluding hydrogens is 280 g/mol. The number of amides is 1. The first-order valence-corrected chi connectivity index (χ1v) is 7.92. The van der Waals surface area contributed by atoms with E-state index in [0.717, 1.165) is 35.3 Å². The molecule has 3 nitrogen and oxygen atoms in total. The molecule has 1 aromatic carbocycles. The monoisotopic (exact) mass is 298 g/mol. The predicted octanol–water partition coefficient (Wildman–Crippen LogP) is 2.64. The molecule has 1 saturated heterocycles. The molecule has 1 atom stereocenters. The van der Waals surface area contributed by atoms with E-state index in [1.165, 1.54) is 0 Å². The van der Waals surface area contributed by atoms with Gasteiger partial charge in [-0.25, -0.2) is 0 Å². The summed E-state index contributed by atoms with van der Waals surface area (Å²) < 4.78 is 0. The summed E-state index contributed by atoms with van der Waals surface area (Å²) >= 11 is 7.73. The van der Waals surface area contributed by atoms with Crippen molar-refractivity contribution < 1.29 is 4.79 Å². The molecule has 0 aliphatic carbocycles. The zero-order valence-electron chi connectivity index (χ0n) is 11.1.